The molecule has 0 saturated carbocycles. The number of ketones is 1. The summed E-state index contributed by atoms with van der Waals surface area (Å²) in [6.45, 7) is 0.606. The van der Waals surface area contributed by atoms with Gasteiger partial charge < -0.3 is 4.74 Å². The number of amides is 2. The van der Waals surface area contributed by atoms with Gasteiger partial charge in [-0.3, -0.25) is 24.1 Å². The molecule has 3 rings (SSSR count). The Morgan fingerprint density at radius 2 is 1.34 bits per heavy atom. The Kier molecular flexibility index (Phi) is 6.19. The molecule has 1 aliphatic rings. The van der Waals surface area contributed by atoms with E-state index in [1.807, 2.05) is 6.92 Å². The number of benzene rings is 2. The van der Waals surface area contributed by atoms with Crippen LogP contribution in [0.25, 0.3) is 0 Å². The summed E-state index contributed by atoms with van der Waals surface area (Å²) in [5, 5.41) is -0.822. The second-order valence-electron chi connectivity index (χ2n) is 6.15. The number of esters is 1. The van der Waals surface area contributed by atoms with Crippen molar-refractivity contribution in [3.8, 4) is 0 Å². The molecule has 10 heteroatoms. The maximum Gasteiger partial charge on any atom is 0.326 e. The summed E-state index contributed by atoms with van der Waals surface area (Å²) in [4.78, 5) is 49.9. The summed E-state index contributed by atoms with van der Waals surface area (Å²) in [6.07, 6.45) is 0. The first-order valence-corrected chi connectivity index (χ1v) is 9.62. The normalized spacial score (nSPS) is 12.9. The van der Waals surface area contributed by atoms with Gasteiger partial charge >= 0.3 is 5.97 Å². The first-order valence-electron chi connectivity index (χ1n) is 8.11. The Bertz CT molecular complexity index is 1020. The molecule has 6 nitrogen and oxygen atoms in total. The van der Waals surface area contributed by atoms with Gasteiger partial charge in [0.05, 0.1) is 31.2 Å². The van der Waals surface area contributed by atoms with Gasteiger partial charge in [-0.2, -0.15) is 0 Å². The number of Topliss-reactive ketones (excluding diaryl/α,β-unsaturated/α-hetero) is 1. The fraction of sp³-hybridized carbons (Fsp3) is 0.158. The summed E-state index contributed by atoms with van der Waals surface area (Å²) in [7, 11) is 0. The van der Waals surface area contributed by atoms with Crippen LogP contribution in [-0.2, 0) is 9.53 Å². The Balaban J connectivity index is 1.71. The zero-order valence-corrected chi connectivity index (χ0v) is 17.7. The van der Waals surface area contributed by atoms with E-state index in [0.717, 1.165) is 5.56 Å². The number of hydrogen-bond acceptors (Lipinski definition) is 5. The molecule has 150 valence electrons. The molecule has 2 aromatic carbocycles. The van der Waals surface area contributed by atoms with Crippen molar-refractivity contribution in [1.29, 1.82) is 0 Å². The third-order valence-electron chi connectivity index (χ3n) is 4.21. The molecule has 1 aliphatic heterocycles. The largest absolute Gasteiger partial charge is 0.456 e. The Hall–Kier alpha value is -2.12. The third kappa shape index (κ3) is 3.98. The van der Waals surface area contributed by atoms with Gasteiger partial charge in [-0.25, -0.2) is 0 Å². The van der Waals surface area contributed by atoms with Crippen molar-refractivity contribution >= 4 is 70.0 Å². The van der Waals surface area contributed by atoms with Crippen LogP contribution in [0.1, 0.15) is 36.6 Å². The van der Waals surface area contributed by atoms with Gasteiger partial charge in [-0.1, -0.05) is 76.2 Å². The molecule has 1 heterocycles. The van der Waals surface area contributed by atoms with E-state index < -0.39 is 36.7 Å². The maximum atomic E-state index is 12.6. The third-order valence-corrected chi connectivity index (χ3v) is 6.01. The van der Waals surface area contributed by atoms with Crippen LogP contribution >= 0.6 is 46.4 Å². The molecule has 0 atom stereocenters. The zero-order chi connectivity index (χ0) is 21.5. The number of rotatable bonds is 5. The first-order chi connectivity index (χ1) is 13.6. The summed E-state index contributed by atoms with van der Waals surface area (Å²) in [5.41, 5.74) is 0.868. The highest BCUT2D eigenvalue weighted by molar-refractivity contribution is 6.55. The van der Waals surface area contributed by atoms with Crippen LogP contribution in [0.2, 0.25) is 20.1 Å². The highest BCUT2D eigenvalue weighted by Gasteiger charge is 2.42. The lowest BCUT2D eigenvalue weighted by molar-refractivity contribution is -0.142. The van der Waals surface area contributed by atoms with Gasteiger partial charge in [0.2, 0.25) is 0 Å². The lowest BCUT2D eigenvalue weighted by Gasteiger charge is -2.13. The van der Waals surface area contributed by atoms with Crippen molar-refractivity contribution in [1.82, 2.24) is 4.90 Å². The molecule has 0 fully saturated rings. The molecule has 0 unspecified atom stereocenters. The average Bonchev–Trinajstić information content (AvgIpc) is 2.94. The predicted molar refractivity (Wildman–Crippen MR) is 108 cm³/mol. The summed E-state index contributed by atoms with van der Waals surface area (Å²) >= 11 is 23.9. The minimum atomic E-state index is -0.954. The van der Waals surface area contributed by atoms with Crippen LogP contribution in [-0.4, -0.2) is 41.6 Å². The fourth-order valence-corrected chi connectivity index (χ4v) is 3.70. The number of carbonyl (C=O) groups is 4. The van der Waals surface area contributed by atoms with Crippen molar-refractivity contribution < 1.29 is 23.9 Å². The molecule has 0 N–H and O–H groups in total. The van der Waals surface area contributed by atoms with Crippen LogP contribution in [0.4, 0.5) is 0 Å². The Morgan fingerprint density at radius 3 is 1.83 bits per heavy atom. The molecule has 0 spiro atoms. The molecule has 29 heavy (non-hydrogen) atoms. The smallest absolute Gasteiger partial charge is 0.326 e. The topological polar surface area (TPSA) is 80.8 Å². The lowest BCUT2D eigenvalue weighted by atomic mass is 10.1. The SMILES string of the molecule is Cc1ccc(C(=O)COC(=O)CN2C(=O)c3c(Cl)c(Cl)c(Cl)c(Cl)c3C2=O)cc1. The molecular weight excluding hydrogens is 464 g/mol. The second-order valence-corrected chi connectivity index (χ2v) is 7.66. The standard InChI is InChI=1S/C19H11Cl4NO5/c1-8-2-4-9(5-3-8)10(25)7-29-11(26)6-24-18(27)12-13(19(24)28)15(21)17(23)16(22)14(12)20/h2-5H,6-7H2,1H3. The second kappa shape index (κ2) is 8.32. The highest BCUT2D eigenvalue weighted by atomic mass is 35.5. The quantitative estimate of drug-likeness (QED) is 0.207. The molecule has 0 bridgehead atoms. The molecule has 2 aromatic rings. The van der Waals surface area contributed by atoms with E-state index in [1.54, 1.807) is 24.3 Å². The number of carbonyl (C=O) groups excluding carboxylic acids is 4. The van der Waals surface area contributed by atoms with Crippen LogP contribution in [0, 0.1) is 6.92 Å². The van der Waals surface area contributed by atoms with Gasteiger partial charge in [-0.15, -0.1) is 0 Å². The molecular formula is C19H11Cl4NO5. The van der Waals surface area contributed by atoms with Gasteiger partial charge in [0.15, 0.2) is 12.4 Å². The number of ether oxygens (including phenoxy) is 1. The number of imide groups is 1. The van der Waals surface area contributed by atoms with E-state index in [2.05, 4.69) is 0 Å². The predicted octanol–water partition coefficient (Wildman–Crippen LogP) is 4.63. The fourth-order valence-electron chi connectivity index (χ4n) is 2.68. The monoisotopic (exact) mass is 473 g/mol. The van der Waals surface area contributed by atoms with Crippen LogP contribution in [0.5, 0.6) is 0 Å². The Labute approximate surface area is 185 Å². The minimum Gasteiger partial charge on any atom is -0.456 e. The van der Waals surface area contributed by atoms with Crippen molar-refractivity contribution in [2.24, 2.45) is 0 Å². The van der Waals surface area contributed by atoms with Gasteiger partial charge in [0, 0.05) is 5.56 Å². The van der Waals surface area contributed by atoms with E-state index in [4.69, 9.17) is 51.1 Å². The lowest BCUT2D eigenvalue weighted by Crippen LogP contribution is -2.36. The van der Waals surface area contributed by atoms with E-state index in [1.165, 1.54) is 0 Å². The van der Waals surface area contributed by atoms with Gasteiger partial charge in [0.1, 0.15) is 6.54 Å². The van der Waals surface area contributed by atoms with Crippen molar-refractivity contribution in [3.05, 3.63) is 66.6 Å². The van der Waals surface area contributed by atoms with Crippen molar-refractivity contribution in [3.63, 3.8) is 0 Å². The van der Waals surface area contributed by atoms with Crippen LogP contribution in [0.3, 0.4) is 0 Å². The molecule has 0 saturated heterocycles. The van der Waals surface area contributed by atoms with E-state index in [0.29, 0.717) is 10.5 Å². The zero-order valence-electron chi connectivity index (χ0n) is 14.7. The molecule has 0 aromatic heterocycles. The van der Waals surface area contributed by atoms with Gasteiger partial charge in [-0.05, 0) is 6.92 Å². The molecule has 0 radical (unpaired) electrons. The van der Waals surface area contributed by atoms with E-state index in [-0.39, 0.29) is 31.2 Å². The summed E-state index contributed by atoms with van der Waals surface area (Å²) in [6, 6.07) is 6.70. The van der Waals surface area contributed by atoms with Crippen LogP contribution < -0.4 is 0 Å². The minimum absolute atomic E-state index is 0.175. The molecule has 2 amide bonds. The average molecular weight is 475 g/mol. The number of nitrogens with zero attached hydrogens (tertiary/aromatic N) is 1. The number of hydrogen-bond donors (Lipinski definition) is 0. The first kappa shape index (κ1) is 21.6. The van der Waals surface area contributed by atoms with E-state index >= 15 is 0 Å². The number of aryl methyl sites for hydroxylation is 1. The molecule has 0 aliphatic carbocycles. The summed E-state index contributed by atoms with van der Waals surface area (Å²) in [5.74, 6) is -3.11. The maximum absolute atomic E-state index is 12.6. The van der Waals surface area contributed by atoms with Crippen LogP contribution in [0.15, 0.2) is 24.3 Å². The van der Waals surface area contributed by atoms with E-state index in [9.17, 15) is 19.2 Å². The van der Waals surface area contributed by atoms with Gasteiger partial charge in [0.25, 0.3) is 11.8 Å². The highest BCUT2D eigenvalue weighted by Crippen LogP contribution is 2.44. The van der Waals surface area contributed by atoms with Crippen molar-refractivity contribution in [2.45, 2.75) is 6.92 Å². The summed E-state index contributed by atoms with van der Waals surface area (Å²) < 4.78 is 4.90. The Morgan fingerprint density at radius 1 is 0.862 bits per heavy atom. The van der Waals surface area contributed by atoms with Crippen molar-refractivity contribution in [2.75, 3.05) is 13.2 Å². The number of fused-ring (bicyclic) bond motifs is 1. The number of halogens is 4.